The fourth-order valence-corrected chi connectivity index (χ4v) is 3.08. The highest BCUT2D eigenvalue weighted by Gasteiger charge is 2.22. The van der Waals surface area contributed by atoms with Gasteiger partial charge in [0.1, 0.15) is 0 Å². The first-order valence-electron chi connectivity index (χ1n) is 7.03. The Labute approximate surface area is 118 Å². The molecule has 100 valence electrons. The first-order chi connectivity index (χ1) is 9.29. The fraction of sp³-hybridized carbons (Fsp3) is 0.438. The lowest BCUT2D eigenvalue weighted by atomic mass is 10.2. The van der Waals surface area contributed by atoms with Gasteiger partial charge in [0.25, 0.3) is 0 Å². The molecule has 2 nitrogen and oxygen atoms in total. The average Bonchev–Trinajstić information content (AvgIpc) is 3.11. The second kappa shape index (κ2) is 5.74. The van der Waals surface area contributed by atoms with Gasteiger partial charge in [0, 0.05) is 30.5 Å². The van der Waals surface area contributed by atoms with E-state index < -0.39 is 0 Å². The molecule has 0 atom stereocenters. The zero-order valence-electron chi connectivity index (χ0n) is 11.4. The van der Waals surface area contributed by atoms with Gasteiger partial charge in [-0.05, 0) is 37.8 Å². The number of nitrogens with zero attached hydrogens (tertiary/aromatic N) is 1. The number of anilines is 1. The minimum Gasteiger partial charge on any atom is -0.385 e. The van der Waals surface area contributed by atoms with E-state index in [9.17, 15) is 0 Å². The second-order valence-corrected chi connectivity index (χ2v) is 6.37. The summed E-state index contributed by atoms with van der Waals surface area (Å²) in [7, 11) is 0. The van der Waals surface area contributed by atoms with E-state index in [1.54, 1.807) is 0 Å². The van der Waals surface area contributed by atoms with Crippen LogP contribution in [0.25, 0.3) is 0 Å². The molecule has 0 radical (unpaired) electrons. The van der Waals surface area contributed by atoms with E-state index in [1.165, 1.54) is 41.2 Å². The topological polar surface area (TPSA) is 24.9 Å². The molecule has 0 unspecified atom stereocenters. The van der Waals surface area contributed by atoms with Crippen molar-refractivity contribution in [3.63, 3.8) is 0 Å². The van der Waals surface area contributed by atoms with Crippen molar-refractivity contribution in [3.05, 3.63) is 45.9 Å². The predicted octanol–water partition coefficient (Wildman–Crippen LogP) is 4.06. The van der Waals surface area contributed by atoms with E-state index in [-0.39, 0.29) is 0 Å². The van der Waals surface area contributed by atoms with Crippen molar-refractivity contribution in [2.75, 3.05) is 11.9 Å². The Bertz CT molecular complexity index is 526. The summed E-state index contributed by atoms with van der Waals surface area (Å²) in [5.74, 6) is 0.935. The molecule has 0 amide bonds. The van der Waals surface area contributed by atoms with Gasteiger partial charge >= 0.3 is 0 Å². The number of hydrogen-bond acceptors (Lipinski definition) is 3. The summed E-state index contributed by atoms with van der Waals surface area (Å²) in [6.07, 6.45) is 5.03. The number of benzene rings is 1. The van der Waals surface area contributed by atoms with Crippen LogP contribution in [0.3, 0.4) is 0 Å². The molecule has 1 aromatic heterocycles. The van der Waals surface area contributed by atoms with E-state index in [2.05, 4.69) is 41.9 Å². The standard InChI is InChI=1S/C16H20N2S/c1-12-2-6-14(7-3-12)17-9-8-15-11-19-16(18-15)10-13-4-5-13/h2-3,6-7,11,13,17H,4-5,8-10H2,1H3. The van der Waals surface area contributed by atoms with Crippen LogP contribution in [0.15, 0.2) is 29.6 Å². The highest BCUT2D eigenvalue weighted by atomic mass is 32.1. The molecule has 1 saturated carbocycles. The van der Waals surface area contributed by atoms with Crippen molar-refractivity contribution in [3.8, 4) is 0 Å². The lowest BCUT2D eigenvalue weighted by Gasteiger charge is -2.05. The first kappa shape index (κ1) is 12.7. The van der Waals surface area contributed by atoms with Crippen molar-refractivity contribution in [2.24, 2.45) is 5.92 Å². The van der Waals surface area contributed by atoms with Crippen LogP contribution in [0.2, 0.25) is 0 Å². The molecule has 1 N–H and O–H groups in total. The van der Waals surface area contributed by atoms with Crippen LogP contribution in [0, 0.1) is 12.8 Å². The summed E-state index contributed by atoms with van der Waals surface area (Å²) >= 11 is 1.83. The normalized spacial score (nSPS) is 14.6. The van der Waals surface area contributed by atoms with E-state index in [1.807, 2.05) is 11.3 Å². The van der Waals surface area contributed by atoms with Crippen LogP contribution < -0.4 is 5.32 Å². The van der Waals surface area contributed by atoms with Crippen LogP contribution in [-0.4, -0.2) is 11.5 Å². The van der Waals surface area contributed by atoms with E-state index in [4.69, 9.17) is 4.98 Å². The highest BCUT2D eigenvalue weighted by molar-refractivity contribution is 7.09. The number of aromatic nitrogens is 1. The van der Waals surface area contributed by atoms with Gasteiger partial charge in [-0.2, -0.15) is 0 Å². The van der Waals surface area contributed by atoms with Crippen molar-refractivity contribution in [2.45, 2.75) is 32.6 Å². The minimum atomic E-state index is 0.935. The van der Waals surface area contributed by atoms with Gasteiger partial charge in [0.15, 0.2) is 0 Å². The highest BCUT2D eigenvalue weighted by Crippen LogP contribution is 2.33. The molecule has 1 fully saturated rings. The van der Waals surface area contributed by atoms with Gasteiger partial charge in [-0.25, -0.2) is 4.98 Å². The number of aryl methyl sites for hydroxylation is 1. The molecule has 1 heterocycles. The molecule has 3 rings (SSSR count). The maximum Gasteiger partial charge on any atom is 0.0931 e. The Kier molecular flexibility index (Phi) is 3.83. The molecule has 0 aliphatic heterocycles. The van der Waals surface area contributed by atoms with Crippen LogP contribution in [0.5, 0.6) is 0 Å². The molecule has 1 aliphatic rings. The largest absolute Gasteiger partial charge is 0.385 e. The summed E-state index contributed by atoms with van der Waals surface area (Å²) < 4.78 is 0. The van der Waals surface area contributed by atoms with Crippen LogP contribution in [0.1, 0.15) is 29.1 Å². The Morgan fingerprint density at radius 2 is 2.05 bits per heavy atom. The number of nitrogens with one attached hydrogen (secondary N) is 1. The summed E-state index contributed by atoms with van der Waals surface area (Å²) in [5.41, 5.74) is 3.73. The van der Waals surface area contributed by atoms with Crippen molar-refractivity contribution in [1.82, 2.24) is 4.98 Å². The summed E-state index contributed by atoms with van der Waals surface area (Å²) in [4.78, 5) is 4.71. The van der Waals surface area contributed by atoms with Gasteiger partial charge in [-0.3, -0.25) is 0 Å². The third-order valence-electron chi connectivity index (χ3n) is 3.52. The molecular weight excluding hydrogens is 252 g/mol. The van der Waals surface area contributed by atoms with E-state index in [0.717, 1.165) is 18.9 Å². The minimum absolute atomic E-state index is 0.935. The fourth-order valence-electron chi connectivity index (χ4n) is 2.13. The second-order valence-electron chi connectivity index (χ2n) is 5.42. The zero-order chi connectivity index (χ0) is 13.1. The van der Waals surface area contributed by atoms with Crippen LogP contribution >= 0.6 is 11.3 Å². The Balaban J connectivity index is 1.46. The predicted molar refractivity (Wildman–Crippen MR) is 81.9 cm³/mol. The van der Waals surface area contributed by atoms with Crippen LogP contribution in [-0.2, 0) is 12.8 Å². The van der Waals surface area contributed by atoms with Gasteiger partial charge in [-0.15, -0.1) is 11.3 Å². The molecule has 1 aliphatic carbocycles. The monoisotopic (exact) mass is 272 g/mol. The smallest absolute Gasteiger partial charge is 0.0931 e. The number of rotatable bonds is 6. The third-order valence-corrected chi connectivity index (χ3v) is 4.44. The molecule has 3 heteroatoms. The summed E-state index contributed by atoms with van der Waals surface area (Å²) in [6, 6.07) is 8.54. The maximum absolute atomic E-state index is 4.71. The number of hydrogen-bond donors (Lipinski definition) is 1. The Morgan fingerprint density at radius 1 is 1.26 bits per heavy atom. The molecule has 0 bridgehead atoms. The summed E-state index contributed by atoms with van der Waals surface area (Å²) in [6.45, 7) is 3.07. The Hall–Kier alpha value is -1.35. The lowest BCUT2D eigenvalue weighted by Crippen LogP contribution is -2.05. The molecule has 0 saturated heterocycles. The van der Waals surface area contributed by atoms with Crippen LogP contribution in [0.4, 0.5) is 5.69 Å². The quantitative estimate of drug-likeness (QED) is 0.858. The van der Waals surface area contributed by atoms with Gasteiger partial charge in [0.2, 0.25) is 0 Å². The van der Waals surface area contributed by atoms with Gasteiger partial charge in [-0.1, -0.05) is 17.7 Å². The van der Waals surface area contributed by atoms with Crippen molar-refractivity contribution >= 4 is 17.0 Å². The SMILES string of the molecule is Cc1ccc(NCCc2csc(CC3CC3)n2)cc1. The molecule has 1 aromatic carbocycles. The third kappa shape index (κ3) is 3.80. The van der Waals surface area contributed by atoms with Gasteiger partial charge < -0.3 is 5.32 Å². The molecular formula is C16H20N2S. The maximum atomic E-state index is 4.71. The lowest BCUT2D eigenvalue weighted by molar-refractivity contribution is 0.814. The van der Waals surface area contributed by atoms with E-state index >= 15 is 0 Å². The summed E-state index contributed by atoms with van der Waals surface area (Å²) in [5, 5.41) is 6.99. The molecule has 0 spiro atoms. The average molecular weight is 272 g/mol. The Morgan fingerprint density at radius 3 is 2.79 bits per heavy atom. The molecule has 2 aromatic rings. The van der Waals surface area contributed by atoms with Gasteiger partial charge in [0.05, 0.1) is 10.7 Å². The van der Waals surface area contributed by atoms with E-state index in [0.29, 0.717) is 0 Å². The van der Waals surface area contributed by atoms with Crippen molar-refractivity contribution in [1.29, 1.82) is 0 Å². The number of thiazole rings is 1. The first-order valence-corrected chi connectivity index (χ1v) is 7.91. The van der Waals surface area contributed by atoms with Crippen molar-refractivity contribution < 1.29 is 0 Å². The molecule has 19 heavy (non-hydrogen) atoms. The zero-order valence-corrected chi connectivity index (χ0v) is 12.2.